The van der Waals surface area contributed by atoms with Crippen LogP contribution in [-0.2, 0) is 5.41 Å². The predicted octanol–water partition coefficient (Wildman–Crippen LogP) is 14.2. The third kappa shape index (κ3) is 11.1. The molecule has 0 saturated carbocycles. The molecule has 0 heterocycles. The first kappa shape index (κ1) is 42.5. The summed E-state index contributed by atoms with van der Waals surface area (Å²) >= 11 is 11.7. The Balaban J connectivity index is 1.01. The van der Waals surface area contributed by atoms with Gasteiger partial charge in [0.05, 0.1) is 22.7 Å². The van der Waals surface area contributed by atoms with Crippen molar-refractivity contribution in [3.05, 3.63) is 167 Å². The van der Waals surface area contributed by atoms with Crippen LogP contribution in [0.2, 0.25) is 10.0 Å². The van der Waals surface area contributed by atoms with Gasteiger partial charge in [0, 0.05) is 10.0 Å². The Morgan fingerprint density at radius 2 is 0.559 bits per heavy atom. The lowest BCUT2D eigenvalue weighted by molar-refractivity contribution is -0.288. The van der Waals surface area contributed by atoms with Crippen molar-refractivity contribution < 1.29 is 45.3 Å². The Hall–Kier alpha value is -6.12. The first-order valence-corrected chi connectivity index (χ1v) is 18.5. The molecule has 0 aliphatic carbocycles. The van der Waals surface area contributed by atoms with Crippen molar-refractivity contribution in [2.45, 2.75) is 17.8 Å². The van der Waals surface area contributed by atoms with Crippen molar-refractivity contribution in [2.75, 3.05) is 26.4 Å². The summed E-state index contributed by atoms with van der Waals surface area (Å²) in [5, 5.41) is 17.7. The average Bonchev–Trinajstić information content (AvgIpc) is 3.22. The minimum absolute atomic E-state index is 0.0377. The molecular formula is C43H32Cl2F6N4O4. The van der Waals surface area contributed by atoms with Crippen LogP contribution in [-0.4, -0.2) is 38.8 Å². The molecule has 0 unspecified atom stereocenters. The van der Waals surface area contributed by atoms with Crippen molar-refractivity contribution in [2.24, 2.45) is 20.5 Å². The highest BCUT2D eigenvalue weighted by Crippen LogP contribution is 2.56. The zero-order chi connectivity index (χ0) is 41.9. The van der Waals surface area contributed by atoms with E-state index in [1.165, 1.54) is 0 Å². The summed E-state index contributed by atoms with van der Waals surface area (Å²) in [6.07, 6.45) is -11.5. The van der Waals surface area contributed by atoms with Crippen molar-refractivity contribution in [1.29, 1.82) is 0 Å². The number of nitrogens with zero attached hydrogens (tertiary/aromatic N) is 4. The number of azo groups is 2. The molecule has 0 bridgehead atoms. The van der Waals surface area contributed by atoms with E-state index in [4.69, 9.17) is 42.1 Å². The van der Waals surface area contributed by atoms with Crippen LogP contribution in [0.15, 0.2) is 166 Å². The lowest BCUT2D eigenvalue weighted by atomic mass is 9.73. The van der Waals surface area contributed by atoms with Gasteiger partial charge in [-0.2, -0.15) is 46.8 Å². The molecule has 16 heteroatoms. The van der Waals surface area contributed by atoms with Gasteiger partial charge in [0.15, 0.2) is 0 Å². The van der Waals surface area contributed by atoms with E-state index < -0.39 is 28.9 Å². The van der Waals surface area contributed by atoms with E-state index in [9.17, 15) is 26.3 Å². The van der Waals surface area contributed by atoms with Crippen LogP contribution >= 0.6 is 23.2 Å². The Morgan fingerprint density at radius 1 is 0.339 bits per heavy atom. The lowest BCUT2D eigenvalue weighted by Crippen LogP contribution is -2.54. The third-order valence-corrected chi connectivity index (χ3v) is 9.06. The van der Waals surface area contributed by atoms with E-state index in [-0.39, 0.29) is 37.9 Å². The maximum absolute atomic E-state index is 14.7. The van der Waals surface area contributed by atoms with Gasteiger partial charge in [-0.25, -0.2) is 0 Å². The summed E-state index contributed by atoms with van der Waals surface area (Å²) in [5.41, 5.74) is -4.03. The second-order valence-corrected chi connectivity index (χ2v) is 13.4. The predicted molar refractivity (Wildman–Crippen MR) is 212 cm³/mol. The molecule has 6 aromatic rings. The Morgan fingerprint density at radius 3 is 0.797 bits per heavy atom. The highest BCUT2D eigenvalue weighted by molar-refractivity contribution is 6.30. The molecule has 0 atom stereocenters. The number of halogens is 8. The number of rotatable bonds is 16. The van der Waals surface area contributed by atoms with Crippen LogP contribution in [0.4, 0.5) is 49.1 Å². The SMILES string of the molecule is FC(F)(F)C(c1ccc(OCCOc2ccc(N=Nc3ccc(Cl)cc3)cc2)cc1)(c1ccc(OCCOc2ccc(N=Nc3ccc(Cl)cc3)cc2)cc1)C(F)(F)F. The van der Waals surface area contributed by atoms with E-state index in [0.717, 1.165) is 48.5 Å². The number of hydrogen-bond donors (Lipinski definition) is 0. The highest BCUT2D eigenvalue weighted by Gasteiger charge is 2.72. The monoisotopic (exact) mass is 852 g/mol. The van der Waals surface area contributed by atoms with Crippen LogP contribution in [0.3, 0.4) is 0 Å². The normalized spacial score (nSPS) is 12.2. The Labute approximate surface area is 344 Å². The summed E-state index contributed by atoms with van der Waals surface area (Å²) in [4.78, 5) is 0. The van der Waals surface area contributed by atoms with Crippen LogP contribution in [0.25, 0.3) is 0 Å². The quantitative estimate of drug-likeness (QED) is 0.0551. The van der Waals surface area contributed by atoms with Crippen molar-refractivity contribution in [1.82, 2.24) is 0 Å². The van der Waals surface area contributed by atoms with Crippen molar-refractivity contribution in [3.8, 4) is 23.0 Å². The second-order valence-electron chi connectivity index (χ2n) is 12.5. The summed E-state index contributed by atoms with van der Waals surface area (Å²) in [6.45, 7) is -0.0110. The van der Waals surface area contributed by atoms with Gasteiger partial charge in [-0.05, 0) is 132 Å². The minimum atomic E-state index is -5.77. The zero-order valence-corrected chi connectivity index (χ0v) is 32.1. The Bertz CT molecular complexity index is 2140. The van der Waals surface area contributed by atoms with Crippen molar-refractivity contribution in [3.63, 3.8) is 0 Å². The van der Waals surface area contributed by atoms with Crippen molar-refractivity contribution >= 4 is 46.0 Å². The van der Waals surface area contributed by atoms with Gasteiger partial charge in [0.1, 0.15) is 49.4 Å². The fourth-order valence-electron chi connectivity index (χ4n) is 5.69. The number of ether oxygens (including phenoxy) is 4. The third-order valence-electron chi connectivity index (χ3n) is 8.56. The average molecular weight is 854 g/mol. The maximum atomic E-state index is 14.7. The van der Waals surface area contributed by atoms with Gasteiger partial charge >= 0.3 is 12.4 Å². The lowest BCUT2D eigenvalue weighted by Gasteiger charge is -2.38. The molecule has 0 aromatic heterocycles. The maximum Gasteiger partial charge on any atom is 0.411 e. The van der Waals surface area contributed by atoms with E-state index in [0.29, 0.717) is 44.3 Å². The van der Waals surface area contributed by atoms with Crippen LogP contribution < -0.4 is 18.9 Å². The van der Waals surface area contributed by atoms with E-state index in [1.54, 1.807) is 97.1 Å². The second kappa shape index (κ2) is 19.1. The molecule has 0 fully saturated rings. The summed E-state index contributed by atoms with van der Waals surface area (Å²) in [5.74, 6) is 1.07. The molecule has 0 aliphatic heterocycles. The Kier molecular flexibility index (Phi) is 13.7. The van der Waals surface area contributed by atoms with Gasteiger partial charge < -0.3 is 18.9 Å². The highest BCUT2D eigenvalue weighted by atomic mass is 35.5. The van der Waals surface area contributed by atoms with Gasteiger partial charge in [-0.15, -0.1) is 0 Å². The first-order valence-electron chi connectivity index (χ1n) is 17.7. The molecule has 8 nitrogen and oxygen atoms in total. The number of hydrogen-bond acceptors (Lipinski definition) is 8. The molecule has 304 valence electrons. The smallest absolute Gasteiger partial charge is 0.411 e. The molecule has 59 heavy (non-hydrogen) atoms. The number of alkyl halides is 6. The fourth-order valence-corrected chi connectivity index (χ4v) is 5.94. The van der Waals surface area contributed by atoms with Gasteiger partial charge in [0.2, 0.25) is 5.41 Å². The molecule has 0 saturated heterocycles. The molecule has 0 aliphatic rings. The fraction of sp³-hybridized carbons (Fsp3) is 0.163. The summed E-state index contributed by atoms with van der Waals surface area (Å²) in [6, 6.07) is 34.3. The molecule has 6 rings (SSSR count). The van der Waals surface area contributed by atoms with Crippen LogP contribution in [0, 0.1) is 0 Å². The first-order chi connectivity index (χ1) is 28.3. The van der Waals surface area contributed by atoms with E-state index in [1.807, 2.05) is 0 Å². The van der Waals surface area contributed by atoms with Crippen LogP contribution in [0.1, 0.15) is 11.1 Å². The molecular weight excluding hydrogens is 821 g/mol. The molecule has 0 radical (unpaired) electrons. The van der Waals surface area contributed by atoms with Gasteiger partial charge in [-0.1, -0.05) is 47.5 Å². The molecule has 6 aromatic carbocycles. The minimum Gasteiger partial charge on any atom is -0.490 e. The summed E-state index contributed by atoms with van der Waals surface area (Å²) < 4.78 is 111. The van der Waals surface area contributed by atoms with E-state index >= 15 is 0 Å². The molecule has 0 N–H and O–H groups in total. The molecule has 0 spiro atoms. The van der Waals surface area contributed by atoms with E-state index in [2.05, 4.69) is 20.5 Å². The largest absolute Gasteiger partial charge is 0.490 e. The number of benzene rings is 6. The molecule has 0 amide bonds. The van der Waals surface area contributed by atoms with Gasteiger partial charge in [0.25, 0.3) is 0 Å². The summed E-state index contributed by atoms with van der Waals surface area (Å²) in [7, 11) is 0. The van der Waals surface area contributed by atoms with Gasteiger partial charge in [-0.3, -0.25) is 0 Å². The standard InChI is InChI=1S/C43H32Cl2F6N4O4/c44-31-5-9-33(10-6-31)52-54-35-13-21-39(22-14-35)58-27-25-56-37-17-1-29(2-18-37)41(42(46,47)48,43(49,50)51)30-3-19-38(20-4-30)57-26-28-59-40-23-15-36(16-24-40)55-53-34-11-7-32(45)8-12-34/h1-24H,25-28H2. The topological polar surface area (TPSA) is 86.4 Å². The van der Waals surface area contributed by atoms with Crippen LogP contribution in [0.5, 0.6) is 23.0 Å². The zero-order valence-electron chi connectivity index (χ0n) is 30.6.